The second-order valence-corrected chi connectivity index (χ2v) is 10.4. The van der Waals surface area contributed by atoms with E-state index in [0.717, 1.165) is 50.4 Å². The van der Waals surface area contributed by atoms with E-state index in [1.54, 1.807) is 0 Å². The van der Waals surface area contributed by atoms with Crippen LogP contribution < -0.4 is 5.73 Å². The molecule has 6 nitrogen and oxygen atoms in total. The lowest BCUT2D eigenvalue weighted by atomic mass is 10.1. The van der Waals surface area contributed by atoms with Crippen LogP contribution in [0.5, 0.6) is 0 Å². The zero-order valence-corrected chi connectivity index (χ0v) is 22.4. The van der Waals surface area contributed by atoms with E-state index in [4.69, 9.17) is 15.7 Å². The van der Waals surface area contributed by atoms with Crippen LogP contribution in [0.4, 0.5) is 0 Å². The highest BCUT2D eigenvalue weighted by atomic mass is 15.1. The van der Waals surface area contributed by atoms with Crippen LogP contribution in [0.2, 0.25) is 0 Å². The van der Waals surface area contributed by atoms with Crippen molar-refractivity contribution < 1.29 is 0 Å². The second kappa shape index (κ2) is 10.6. The summed E-state index contributed by atoms with van der Waals surface area (Å²) in [5.74, 6) is 0. The summed E-state index contributed by atoms with van der Waals surface area (Å²) in [6, 6.07) is 21.6. The Kier molecular flexibility index (Phi) is 6.83. The summed E-state index contributed by atoms with van der Waals surface area (Å²) in [7, 11) is 4.32. The number of nitrogens with zero attached hydrogens (tertiary/aromatic N) is 5. The van der Waals surface area contributed by atoms with Gasteiger partial charge in [-0.3, -0.25) is 14.9 Å². The molecular formula is C32H36N6. The Bertz CT molecular complexity index is 1610. The standard InChI is InChI=1S/C32H36N6/c1-36-29-13-7-5-11-23(29)25-15-18-34-27(31(25)36)21-38(20-10-4-3-9-17-33)22-28-32-26(16-19-35-28)24-12-6-8-14-30(24)37(32)2/h5-8,11-16,18-19H,3-4,9-10,17,20-22,33H2,1-2H3. The van der Waals surface area contributed by atoms with Crippen molar-refractivity contribution in [2.75, 3.05) is 13.1 Å². The van der Waals surface area contributed by atoms with E-state index < -0.39 is 0 Å². The Morgan fingerprint density at radius 3 is 1.66 bits per heavy atom. The Hall–Kier alpha value is -3.74. The number of aryl methyl sites for hydroxylation is 2. The molecule has 6 aromatic rings. The third-order valence-corrected chi connectivity index (χ3v) is 7.96. The third kappa shape index (κ3) is 4.34. The van der Waals surface area contributed by atoms with Gasteiger partial charge in [-0.25, -0.2) is 0 Å². The quantitative estimate of drug-likeness (QED) is 0.223. The zero-order chi connectivity index (χ0) is 26.1. The monoisotopic (exact) mass is 504 g/mol. The predicted octanol–water partition coefficient (Wildman–Crippen LogP) is 6.29. The summed E-state index contributed by atoms with van der Waals surface area (Å²) in [6.45, 7) is 3.32. The fraction of sp³-hybridized carbons (Fsp3) is 0.312. The molecule has 2 aromatic carbocycles. The van der Waals surface area contributed by atoms with E-state index in [-0.39, 0.29) is 0 Å². The lowest BCUT2D eigenvalue weighted by Crippen LogP contribution is -2.26. The van der Waals surface area contributed by atoms with Gasteiger partial charge in [0.1, 0.15) is 0 Å². The van der Waals surface area contributed by atoms with Crippen molar-refractivity contribution in [2.24, 2.45) is 19.8 Å². The van der Waals surface area contributed by atoms with Crippen LogP contribution >= 0.6 is 0 Å². The molecule has 0 radical (unpaired) electrons. The van der Waals surface area contributed by atoms with Gasteiger partial charge in [0.25, 0.3) is 0 Å². The maximum Gasteiger partial charge on any atom is 0.0786 e. The topological polar surface area (TPSA) is 64.9 Å². The Morgan fingerprint density at radius 1 is 0.632 bits per heavy atom. The van der Waals surface area contributed by atoms with Gasteiger partial charge in [0.05, 0.1) is 22.4 Å². The molecule has 0 amide bonds. The Labute approximate surface area is 223 Å². The van der Waals surface area contributed by atoms with Gasteiger partial charge >= 0.3 is 0 Å². The SMILES string of the molecule is Cn1c2ccccc2c2ccnc(CN(CCCCCCN)Cc3nccc4c5ccccc5n(C)c34)c21. The number of benzene rings is 2. The van der Waals surface area contributed by atoms with Crippen molar-refractivity contribution in [1.82, 2.24) is 24.0 Å². The van der Waals surface area contributed by atoms with Gasteiger partial charge in [-0.05, 0) is 50.2 Å². The first-order chi connectivity index (χ1) is 18.7. The minimum atomic E-state index is 0.768. The van der Waals surface area contributed by atoms with Gasteiger partial charge in [0.15, 0.2) is 0 Å². The molecule has 0 saturated carbocycles. The highest BCUT2D eigenvalue weighted by Gasteiger charge is 2.18. The maximum absolute atomic E-state index is 5.74. The fourth-order valence-electron chi connectivity index (χ4n) is 6.11. The largest absolute Gasteiger partial charge is 0.342 e. The van der Waals surface area contributed by atoms with Crippen molar-refractivity contribution in [1.29, 1.82) is 0 Å². The Balaban J connectivity index is 1.38. The van der Waals surface area contributed by atoms with Crippen LogP contribution in [0, 0.1) is 0 Å². The summed E-state index contributed by atoms with van der Waals surface area (Å²) in [5, 5.41) is 5.10. The molecule has 6 heteroatoms. The highest BCUT2D eigenvalue weighted by molar-refractivity contribution is 6.09. The van der Waals surface area contributed by atoms with Gasteiger partial charge in [0.2, 0.25) is 0 Å². The van der Waals surface area contributed by atoms with Crippen molar-refractivity contribution in [3.05, 3.63) is 84.4 Å². The smallest absolute Gasteiger partial charge is 0.0786 e. The van der Waals surface area contributed by atoms with Gasteiger partial charge in [-0.15, -0.1) is 0 Å². The van der Waals surface area contributed by atoms with Crippen molar-refractivity contribution >= 4 is 43.6 Å². The molecule has 0 atom stereocenters. The molecule has 4 aromatic heterocycles. The summed E-state index contributed by atoms with van der Waals surface area (Å²) in [4.78, 5) is 12.4. The molecule has 0 saturated heterocycles. The third-order valence-electron chi connectivity index (χ3n) is 7.96. The first-order valence-corrected chi connectivity index (χ1v) is 13.7. The molecule has 194 valence electrons. The normalized spacial score (nSPS) is 12.1. The Morgan fingerprint density at radius 2 is 1.13 bits per heavy atom. The fourth-order valence-corrected chi connectivity index (χ4v) is 6.11. The minimum absolute atomic E-state index is 0.768. The molecule has 0 bridgehead atoms. The number of nitrogens with two attached hydrogens (primary N) is 1. The minimum Gasteiger partial charge on any atom is -0.342 e. The van der Waals surface area contributed by atoms with Crippen LogP contribution in [0.25, 0.3) is 43.6 Å². The van der Waals surface area contributed by atoms with E-state index in [2.05, 4.69) is 88.8 Å². The van der Waals surface area contributed by atoms with E-state index in [1.807, 2.05) is 12.4 Å². The van der Waals surface area contributed by atoms with Crippen LogP contribution in [0.3, 0.4) is 0 Å². The number of hydrogen-bond donors (Lipinski definition) is 1. The number of pyridine rings is 2. The average molecular weight is 505 g/mol. The molecule has 0 spiro atoms. The number of aromatic nitrogens is 4. The van der Waals surface area contributed by atoms with E-state index in [9.17, 15) is 0 Å². The predicted molar refractivity (Wildman–Crippen MR) is 158 cm³/mol. The molecule has 38 heavy (non-hydrogen) atoms. The van der Waals surface area contributed by atoms with Crippen LogP contribution in [0.1, 0.15) is 37.1 Å². The highest BCUT2D eigenvalue weighted by Crippen LogP contribution is 2.32. The maximum atomic E-state index is 5.74. The second-order valence-electron chi connectivity index (χ2n) is 10.4. The van der Waals surface area contributed by atoms with Crippen LogP contribution in [-0.4, -0.2) is 37.1 Å². The van der Waals surface area contributed by atoms with E-state index in [1.165, 1.54) is 56.5 Å². The number of hydrogen-bond acceptors (Lipinski definition) is 4. The number of fused-ring (bicyclic) bond motifs is 6. The molecule has 0 aliphatic carbocycles. The molecule has 4 heterocycles. The van der Waals surface area contributed by atoms with Crippen LogP contribution in [0.15, 0.2) is 73.1 Å². The summed E-state index contributed by atoms with van der Waals surface area (Å²) < 4.78 is 4.60. The van der Waals surface area contributed by atoms with Gasteiger partial charge in [-0.1, -0.05) is 49.2 Å². The first kappa shape index (κ1) is 24.6. The van der Waals surface area contributed by atoms with Gasteiger partial charge < -0.3 is 14.9 Å². The number of para-hydroxylation sites is 2. The molecule has 0 unspecified atom stereocenters. The summed E-state index contributed by atoms with van der Waals surface area (Å²) in [5.41, 5.74) is 12.9. The molecule has 0 aliphatic rings. The zero-order valence-electron chi connectivity index (χ0n) is 22.4. The first-order valence-electron chi connectivity index (χ1n) is 13.7. The lowest BCUT2D eigenvalue weighted by Gasteiger charge is -2.23. The van der Waals surface area contributed by atoms with Crippen molar-refractivity contribution in [2.45, 2.75) is 38.8 Å². The molecule has 6 rings (SSSR count). The molecular weight excluding hydrogens is 468 g/mol. The van der Waals surface area contributed by atoms with E-state index >= 15 is 0 Å². The van der Waals surface area contributed by atoms with Gasteiger partial charge in [0, 0.05) is 72.2 Å². The number of unbranched alkanes of at least 4 members (excludes halogenated alkanes) is 3. The summed E-state index contributed by atoms with van der Waals surface area (Å²) >= 11 is 0. The lowest BCUT2D eigenvalue weighted by molar-refractivity contribution is 0.246. The molecule has 0 fully saturated rings. The van der Waals surface area contributed by atoms with Crippen molar-refractivity contribution in [3.8, 4) is 0 Å². The van der Waals surface area contributed by atoms with Crippen LogP contribution in [-0.2, 0) is 27.2 Å². The number of rotatable bonds is 10. The average Bonchev–Trinajstić information content (AvgIpc) is 3.41. The molecule has 0 aliphatic heterocycles. The van der Waals surface area contributed by atoms with E-state index in [0.29, 0.717) is 0 Å². The molecule has 2 N–H and O–H groups in total. The van der Waals surface area contributed by atoms with Gasteiger partial charge in [-0.2, -0.15) is 0 Å². The summed E-state index contributed by atoms with van der Waals surface area (Å²) in [6.07, 6.45) is 8.52. The van der Waals surface area contributed by atoms with Crippen molar-refractivity contribution in [3.63, 3.8) is 0 Å².